The first-order valence-electron chi connectivity index (χ1n) is 12.9. The maximum Gasteiger partial charge on any atom is 0.490 e. The summed E-state index contributed by atoms with van der Waals surface area (Å²) in [5, 5.41) is 26.9. The molecule has 254 valence electrons. The van der Waals surface area contributed by atoms with Gasteiger partial charge in [-0.3, -0.25) is 14.9 Å². The highest BCUT2D eigenvalue weighted by Gasteiger charge is 2.39. The van der Waals surface area contributed by atoms with Gasteiger partial charge in [-0.1, -0.05) is 17.7 Å². The molecule has 21 heteroatoms. The fourth-order valence-electron chi connectivity index (χ4n) is 3.01. The van der Waals surface area contributed by atoms with E-state index in [-0.39, 0.29) is 18.4 Å². The summed E-state index contributed by atoms with van der Waals surface area (Å²) in [6, 6.07) is 8.38. The Balaban J connectivity index is 0.000000629. The first-order valence-corrected chi connectivity index (χ1v) is 13.2. The maximum atomic E-state index is 12.5. The first-order chi connectivity index (χ1) is 21.4. The number of hydrogen-bond donors (Lipinski definition) is 6. The van der Waals surface area contributed by atoms with Crippen LogP contribution in [-0.4, -0.2) is 106 Å². The predicted octanol–water partition coefficient (Wildman–Crippen LogP) is 2.60. The number of likely N-dealkylation sites (N-methyl/N-ethyl adjacent to an activating group) is 1. The van der Waals surface area contributed by atoms with Crippen LogP contribution in [-0.2, 0) is 19.2 Å². The number of anilines is 2. The van der Waals surface area contributed by atoms with E-state index in [0.29, 0.717) is 29.8 Å². The summed E-state index contributed by atoms with van der Waals surface area (Å²) < 4.78 is 63.5. The molecule has 1 unspecified atom stereocenters. The number of aromatic nitrogens is 2. The van der Waals surface area contributed by atoms with Gasteiger partial charge in [0.15, 0.2) is 0 Å². The van der Waals surface area contributed by atoms with Crippen LogP contribution in [0.15, 0.2) is 47.7 Å². The quantitative estimate of drug-likeness (QED) is 0.159. The Morgan fingerprint density at radius 1 is 0.978 bits per heavy atom. The van der Waals surface area contributed by atoms with Crippen LogP contribution in [0.4, 0.5) is 38.0 Å². The van der Waals surface area contributed by atoms with E-state index in [1.807, 2.05) is 12.1 Å². The molecule has 1 aliphatic heterocycles. The molecule has 0 aromatic carbocycles. The summed E-state index contributed by atoms with van der Waals surface area (Å²) in [7, 11) is 1.63. The molecule has 0 radical (unpaired) electrons. The predicted molar refractivity (Wildman–Crippen MR) is 152 cm³/mol. The Bertz CT molecular complexity index is 1290. The monoisotopic (exact) mass is 686 g/mol. The number of guanidine groups is 1. The van der Waals surface area contributed by atoms with Gasteiger partial charge < -0.3 is 31.1 Å². The fraction of sp³-hybridized carbons (Fsp3) is 0.400. The first kappa shape index (κ1) is 39.3. The van der Waals surface area contributed by atoms with Crippen molar-refractivity contribution >= 4 is 52.9 Å². The molecule has 0 bridgehead atoms. The van der Waals surface area contributed by atoms with Crippen LogP contribution >= 0.6 is 11.6 Å². The van der Waals surface area contributed by atoms with Crippen molar-refractivity contribution in [2.45, 2.75) is 31.2 Å². The standard InChI is InChI=1S/C21H27ClN8O2.2C2HF3O2/c1-30(16-14-27-21(29-20(16)32)28-18-5-2-3-10-25-18)19(31)8-12-23-9-4-11-24-17-7-6-15(22)13-26-17;2*3-2(4,5)1(6)7/h2-3,5-7,10,13,16,23H,4,8-9,11-12,14H2,1H3,(H,24,26)(H2,25,27,28,29,32);2*(H,6,7). The van der Waals surface area contributed by atoms with Gasteiger partial charge in [-0.25, -0.2) is 24.5 Å². The largest absolute Gasteiger partial charge is 0.490 e. The molecule has 14 nitrogen and oxygen atoms in total. The van der Waals surface area contributed by atoms with E-state index in [0.717, 1.165) is 25.3 Å². The molecule has 2 aromatic heterocycles. The normalized spacial score (nSPS) is 14.2. The SMILES string of the molecule is CN(C(=O)CCNCCCNc1ccc(Cl)cn1)C1CN=C(Nc2ccccn2)NC1=O.O=C(O)C(F)(F)F.O=C(O)C(F)(F)F. The summed E-state index contributed by atoms with van der Waals surface area (Å²) in [5.41, 5.74) is 0. The number of aliphatic imine (C=N–C) groups is 1. The molecule has 6 N–H and O–H groups in total. The number of nitrogens with one attached hydrogen (secondary N) is 4. The lowest BCUT2D eigenvalue weighted by Gasteiger charge is -2.29. The van der Waals surface area contributed by atoms with Gasteiger partial charge in [0.25, 0.3) is 5.91 Å². The molecule has 2 amide bonds. The van der Waals surface area contributed by atoms with E-state index >= 15 is 0 Å². The van der Waals surface area contributed by atoms with Crippen LogP contribution < -0.4 is 21.3 Å². The van der Waals surface area contributed by atoms with E-state index in [9.17, 15) is 35.9 Å². The van der Waals surface area contributed by atoms with Crippen molar-refractivity contribution in [3.63, 3.8) is 0 Å². The van der Waals surface area contributed by atoms with Crippen molar-refractivity contribution in [3.05, 3.63) is 47.7 Å². The van der Waals surface area contributed by atoms with Gasteiger partial charge in [0.2, 0.25) is 11.9 Å². The third-order valence-corrected chi connectivity index (χ3v) is 5.53. The molecule has 2 aromatic rings. The highest BCUT2D eigenvalue weighted by molar-refractivity contribution is 6.30. The van der Waals surface area contributed by atoms with Crippen LogP contribution in [0.1, 0.15) is 12.8 Å². The average molecular weight is 687 g/mol. The maximum absolute atomic E-state index is 12.5. The average Bonchev–Trinajstić information content (AvgIpc) is 2.97. The summed E-state index contributed by atoms with van der Waals surface area (Å²) in [6.45, 7) is 2.24. The lowest BCUT2D eigenvalue weighted by molar-refractivity contribution is -0.193. The molecule has 1 aliphatic rings. The van der Waals surface area contributed by atoms with Crippen molar-refractivity contribution in [1.29, 1.82) is 0 Å². The number of amides is 2. The third kappa shape index (κ3) is 15.8. The second kappa shape index (κ2) is 18.9. The van der Waals surface area contributed by atoms with Gasteiger partial charge in [0.05, 0.1) is 11.6 Å². The molecule has 0 fully saturated rings. The number of pyridine rings is 2. The summed E-state index contributed by atoms with van der Waals surface area (Å²) in [4.78, 5) is 56.8. The number of carbonyl (C=O) groups is 4. The van der Waals surface area contributed by atoms with Crippen molar-refractivity contribution in [3.8, 4) is 0 Å². The van der Waals surface area contributed by atoms with Crippen LogP contribution in [0.5, 0.6) is 0 Å². The van der Waals surface area contributed by atoms with E-state index in [1.165, 1.54) is 4.90 Å². The zero-order valence-electron chi connectivity index (χ0n) is 23.8. The molecule has 46 heavy (non-hydrogen) atoms. The van der Waals surface area contributed by atoms with E-state index < -0.39 is 30.3 Å². The van der Waals surface area contributed by atoms with Gasteiger partial charge in [0, 0.05) is 39.0 Å². The molecular weight excluding hydrogens is 658 g/mol. The minimum Gasteiger partial charge on any atom is -0.475 e. The Hall–Kier alpha value is -4.72. The fourth-order valence-corrected chi connectivity index (χ4v) is 3.12. The molecule has 0 aliphatic carbocycles. The van der Waals surface area contributed by atoms with Gasteiger partial charge >= 0.3 is 24.3 Å². The second-order valence-corrected chi connectivity index (χ2v) is 9.22. The third-order valence-electron chi connectivity index (χ3n) is 5.30. The van der Waals surface area contributed by atoms with Crippen LogP contribution in [0.25, 0.3) is 0 Å². The number of nitrogens with zero attached hydrogens (tertiary/aromatic N) is 4. The zero-order chi connectivity index (χ0) is 34.9. The number of carbonyl (C=O) groups excluding carboxylic acids is 2. The second-order valence-electron chi connectivity index (χ2n) is 8.79. The topological polar surface area (TPSA) is 198 Å². The van der Waals surface area contributed by atoms with Gasteiger partial charge in [-0.05, 0) is 37.2 Å². The number of carboxylic acid groups (broad SMARTS) is 2. The molecule has 0 spiro atoms. The van der Waals surface area contributed by atoms with Crippen LogP contribution in [0, 0.1) is 0 Å². The molecule has 0 saturated carbocycles. The van der Waals surface area contributed by atoms with Crippen LogP contribution in [0.3, 0.4) is 0 Å². The highest BCUT2D eigenvalue weighted by atomic mass is 35.5. The molecule has 1 atom stereocenters. The number of alkyl halides is 6. The lowest BCUT2D eigenvalue weighted by Crippen LogP contribution is -2.55. The molecule has 3 heterocycles. The zero-order valence-corrected chi connectivity index (χ0v) is 24.6. The molecule has 0 saturated heterocycles. The summed E-state index contributed by atoms with van der Waals surface area (Å²) in [6.07, 6.45) is -5.75. The van der Waals surface area contributed by atoms with E-state index in [4.69, 9.17) is 31.4 Å². The van der Waals surface area contributed by atoms with Crippen LogP contribution in [0.2, 0.25) is 5.02 Å². The smallest absolute Gasteiger partial charge is 0.475 e. The Kier molecular flexibility index (Phi) is 16.2. The lowest BCUT2D eigenvalue weighted by atomic mass is 10.2. The number of halogens is 7. The number of hydrogen-bond acceptors (Lipinski definition) is 10. The summed E-state index contributed by atoms with van der Waals surface area (Å²) in [5.74, 6) is -4.21. The Morgan fingerprint density at radius 2 is 1.61 bits per heavy atom. The Labute approximate surface area is 262 Å². The minimum atomic E-state index is -5.08. The molecule has 3 rings (SSSR count). The van der Waals surface area contributed by atoms with Gasteiger partial charge in [0.1, 0.15) is 17.7 Å². The Morgan fingerprint density at radius 3 is 2.11 bits per heavy atom. The van der Waals surface area contributed by atoms with Gasteiger partial charge in [-0.2, -0.15) is 26.3 Å². The molecular formula is C25H29ClF6N8O6. The minimum absolute atomic E-state index is 0.113. The van der Waals surface area contributed by atoms with Crippen molar-refractivity contribution in [1.82, 2.24) is 25.5 Å². The highest BCUT2D eigenvalue weighted by Crippen LogP contribution is 2.14. The summed E-state index contributed by atoms with van der Waals surface area (Å²) >= 11 is 5.81. The van der Waals surface area contributed by atoms with Crippen molar-refractivity contribution in [2.24, 2.45) is 4.99 Å². The van der Waals surface area contributed by atoms with Crippen molar-refractivity contribution in [2.75, 3.05) is 43.9 Å². The van der Waals surface area contributed by atoms with Crippen molar-refractivity contribution < 1.29 is 55.7 Å². The van der Waals surface area contributed by atoms with Gasteiger partial charge in [-0.15, -0.1) is 0 Å². The van der Waals surface area contributed by atoms with E-state index in [1.54, 1.807) is 37.6 Å². The number of carboxylic acids is 2. The number of rotatable bonds is 10. The van der Waals surface area contributed by atoms with E-state index in [2.05, 4.69) is 36.2 Å². The number of aliphatic carboxylic acids is 2.